The largest absolute Gasteiger partial charge is 0.103 e. The number of allylic oxidation sites excluding steroid dienone is 1. The summed E-state index contributed by atoms with van der Waals surface area (Å²) >= 11 is 0. The van der Waals surface area contributed by atoms with E-state index in [0.29, 0.717) is 0 Å². The van der Waals surface area contributed by atoms with Gasteiger partial charge in [0.1, 0.15) is 0 Å². The summed E-state index contributed by atoms with van der Waals surface area (Å²) in [5.74, 6) is 0. The maximum atomic E-state index is 3.78. The number of unbranched alkanes of at least 4 members (excludes halogenated alkanes) is 7. The highest BCUT2D eigenvalue weighted by Crippen LogP contribution is 2.26. The van der Waals surface area contributed by atoms with Crippen LogP contribution in [0.1, 0.15) is 56.9 Å². The smallest absolute Gasteiger partial charge is 0.0105 e. The Morgan fingerprint density at radius 2 is 1.32 bits per heavy atom. The molecule has 0 fully saturated rings. The molecule has 130 valence electrons. The summed E-state index contributed by atoms with van der Waals surface area (Å²) in [5, 5.41) is 5.44. The van der Waals surface area contributed by atoms with Gasteiger partial charge in [-0.05, 0) is 52.8 Å². The summed E-state index contributed by atoms with van der Waals surface area (Å²) < 4.78 is 0. The molecular weight excluding hydrogens is 300 g/mol. The van der Waals surface area contributed by atoms with E-state index in [-0.39, 0.29) is 0 Å². The quantitative estimate of drug-likeness (QED) is 0.202. The van der Waals surface area contributed by atoms with Crippen LogP contribution in [0.5, 0.6) is 0 Å². The summed E-state index contributed by atoms with van der Waals surface area (Å²) in [7, 11) is 0. The fraction of sp³-hybridized carbons (Fsp3) is 0.360. The van der Waals surface area contributed by atoms with Crippen molar-refractivity contribution in [3.8, 4) is 0 Å². The second-order valence-electron chi connectivity index (χ2n) is 7.14. The van der Waals surface area contributed by atoms with Crippen LogP contribution in [0.25, 0.3) is 21.5 Å². The van der Waals surface area contributed by atoms with Gasteiger partial charge in [0, 0.05) is 0 Å². The van der Waals surface area contributed by atoms with Crippen molar-refractivity contribution in [2.24, 2.45) is 0 Å². The molecule has 0 aliphatic rings. The zero-order valence-electron chi connectivity index (χ0n) is 15.3. The van der Waals surface area contributed by atoms with Crippen LogP contribution in [-0.4, -0.2) is 0 Å². The van der Waals surface area contributed by atoms with E-state index in [9.17, 15) is 0 Å². The highest BCUT2D eigenvalue weighted by molar-refractivity contribution is 6.07. The van der Waals surface area contributed by atoms with Gasteiger partial charge in [0.15, 0.2) is 0 Å². The molecular formula is C25H30. The molecule has 0 heteroatoms. The third-order valence-corrected chi connectivity index (χ3v) is 5.18. The molecule has 25 heavy (non-hydrogen) atoms. The fourth-order valence-corrected chi connectivity index (χ4v) is 3.72. The van der Waals surface area contributed by atoms with Gasteiger partial charge < -0.3 is 0 Å². The van der Waals surface area contributed by atoms with Crippen LogP contribution >= 0.6 is 0 Å². The number of hydrogen-bond donors (Lipinski definition) is 0. The lowest BCUT2D eigenvalue weighted by atomic mass is 9.98. The third kappa shape index (κ3) is 4.95. The number of rotatable bonds is 10. The van der Waals surface area contributed by atoms with Gasteiger partial charge in [-0.2, -0.15) is 0 Å². The monoisotopic (exact) mass is 330 g/mol. The Balaban J connectivity index is 1.48. The zero-order chi connectivity index (χ0) is 17.3. The molecule has 0 aromatic heterocycles. The molecule has 3 aromatic rings. The van der Waals surface area contributed by atoms with Crippen LogP contribution in [0.2, 0.25) is 0 Å². The van der Waals surface area contributed by atoms with Crippen LogP contribution in [0.15, 0.2) is 67.3 Å². The minimum atomic E-state index is 1.18. The van der Waals surface area contributed by atoms with Crippen molar-refractivity contribution in [1.29, 1.82) is 0 Å². The maximum Gasteiger partial charge on any atom is -0.0105 e. The van der Waals surface area contributed by atoms with Gasteiger partial charge >= 0.3 is 0 Å². The molecule has 0 atom stereocenters. The second kappa shape index (κ2) is 9.42. The van der Waals surface area contributed by atoms with Crippen molar-refractivity contribution < 1.29 is 0 Å². The van der Waals surface area contributed by atoms with Gasteiger partial charge in [-0.25, -0.2) is 0 Å². The van der Waals surface area contributed by atoms with E-state index >= 15 is 0 Å². The number of benzene rings is 3. The topological polar surface area (TPSA) is 0 Å². The molecule has 0 aliphatic heterocycles. The van der Waals surface area contributed by atoms with Crippen molar-refractivity contribution in [2.75, 3.05) is 0 Å². The molecule has 0 saturated carbocycles. The first-order chi connectivity index (χ1) is 12.4. The number of fused-ring (bicyclic) bond motifs is 3. The lowest BCUT2D eigenvalue weighted by molar-refractivity contribution is 0.581. The highest BCUT2D eigenvalue weighted by atomic mass is 14.1. The predicted octanol–water partition coefficient (Wildman–Crippen LogP) is 7.84. The van der Waals surface area contributed by atoms with Gasteiger partial charge in [0.2, 0.25) is 0 Å². The van der Waals surface area contributed by atoms with Crippen LogP contribution in [0, 0.1) is 0 Å². The summed E-state index contributed by atoms with van der Waals surface area (Å²) in [5.41, 5.74) is 1.48. The zero-order valence-corrected chi connectivity index (χ0v) is 15.3. The van der Waals surface area contributed by atoms with E-state index in [2.05, 4.69) is 61.2 Å². The summed E-state index contributed by atoms with van der Waals surface area (Å²) in [6, 6.07) is 20.2. The number of aryl methyl sites for hydroxylation is 1. The fourth-order valence-electron chi connectivity index (χ4n) is 3.72. The van der Waals surface area contributed by atoms with E-state index in [1.165, 1.54) is 84.9 Å². The molecule has 0 radical (unpaired) electrons. The molecule has 0 spiro atoms. The van der Waals surface area contributed by atoms with Crippen LogP contribution in [-0.2, 0) is 6.42 Å². The molecule has 0 N–H and O–H groups in total. The van der Waals surface area contributed by atoms with Gasteiger partial charge in [0.25, 0.3) is 0 Å². The Bertz CT molecular complexity index is 813. The minimum absolute atomic E-state index is 1.18. The molecule has 0 aliphatic carbocycles. The van der Waals surface area contributed by atoms with Gasteiger partial charge in [-0.15, -0.1) is 6.58 Å². The van der Waals surface area contributed by atoms with Gasteiger partial charge in [0.05, 0.1) is 0 Å². The van der Waals surface area contributed by atoms with Crippen LogP contribution in [0.3, 0.4) is 0 Å². The minimum Gasteiger partial charge on any atom is -0.103 e. The standard InChI is InChI=1S/C25H30/c1-2-3-4-5-6-7-8-9-10-13-21-16-19-25-23(20-21)18-17-22-14-11-12-15-24(22)25/h2,11-12,14-20H,1,3-10,13H2. The van der Waals surface area contributed by atoms with Gasteiger partial charge in [-0.3, -0.25) is 0 Å². The van der Waals surface area contributed by atoms with Gasteiger partial charge in [-0.1, -0.05) is 92.8 Å². The van der Waals surface area contributed by atoms with E-state index in [0.717, 1.165) is 0 Å². The lowest BCUT2D eigenvalue weighted by Gasteiger charge is -2.07. The highest BCUT2D eigenvalue weighted by Gasteiger charge is 2.02. The van der Waals surface area contributed by atoms with E-state index in [4.69, 9.17) is 0 Å². The molecule has 0 bridgehead atoms. The first kappa shape index (κ1) is 17.7. The van der Waals surface area contributed by atoms with Crippen molar-refractivity contribution in [3.05, 3.63) is 72.8 Å². The SMILES string of the molecule is C=CCCCCCCCCCc1ccc2c(ccc3ccccc32)c1. The summed E-state index contributed by atoms with van der Waals surface area (Å²) in [6.45, 7) is 3.78. The first-order valence-corrected chi connectivity index (χ1v) is 9.90. The molecule has 0 heterocycles. The van der Waals surface area contributed by atoms with E-state index in [1.54, 1.807) is 0 Å². The Kier molecular flexibility index (Phi) is 6.68. The van der Waals surface area contributed by atoms with Crippen molar-refractivity contribution in [1.82, 2.24) is 0 Å². The Morgan fingerprint density at radius 1 is 0.640 bits per heavy atom. The average molecular weight is 331 g/mol. The summed E-state index contributed by atoms with van der Waals surface area (Å²) in [4.78, 5) is 0. The van der Waals surface area contributed by atoms with E-state index < -0.39 is 0 Å². The van der Waals surface area contributed by atoms with Crippen molar-refractivity contribution >= 4 is 21.5 Å². The Labute approximate surface area is 152 Å². The third-order valence-electron chi connectivity index (χ3n) is 5.18. The molecule has 3 rings (SSSR count). The van der Waals surface area contributed by atoms with Crippen LogP contribution in [0.4, 0.5) is 0 Å². The molecule has 0 nitrogen and oxygen atoms in total. The predicted molar refractivity (Wildman–Crippen MR) is 112 cm³/mol. The Hall–Kier alpha value is -2.08. The van der Waals surface area contributed by atoms with Crippen molar-refractivity contribution in [2.45, 2.75) is 57.8 Å². The normalized spacial score (nSPS) is 11.2. The second-order valence-corrected chi connectivity index (χ2v) is 7.14. The van der Waals surface area contributed by atoms with Crippen LogP contribution < -0.4 is 0 Å². The van der Waals surface area contributed by atoms with Crippen molar-refractivity contribution in [3.63, 3.8) is 0 Å². The number of hydrogen-bond acceptors (Lipinski definition) is 0. The summed E-state index contributed by atoms with van der Waals surface area (Å²) in [6.07, 6.45) is 13.9. The first-order valence-electron chi connectivity index (χ1n) is 9.90. The maximum absolute atomic E-state index is 3.78. The molecule has 3 aromatic carbocycles. The molecule has 0 saturated heterocycles. The molecule has 0 amide bonds. The molecule has 0 unspecified atom stereocenters. The average Bonchev–Trinajstić information content (AvgIpc) is 2.66. The lowest BCUT2D eigenvalue weighted by Crippen LogP contribution is -1.87. The van der Waals surface area contributed by atoms with E-state index in [1.807, 2.05) is 6.08 Å². The Morgan fingerprint density at radius 3 is 2.16 bits per heavy atom.